The third-order valence-electron chi connectivity index (χ3n) is 5.37. The summed E-state index contributed by atoms with van der Waals surface area (Å²) >= 11 is 0. The van der Waals surface area contributed by atoms with E-state index in [1.165, 1.54) is 18.4 Å². The molecule has 2 saturated heterocycles. The molecule has 1 aromatic rings. The number of carbonyl (C=O) groups excluding carboxylic acids is 1. The van der Waals surface area contributed by atoms with Gasteiger partial charge in [0, 0.05) is 44.5 Å². The van der Waals surface area contributed by atoms with Gasteiger partial charge in [-0.05, 0) is 43.4 Å². The van der Waals surface area contributed by atoms with E-state index < -0.39 is 9.84 Å². The Balaban J connectivity index is 1.45. The van der Waals surface area contributed by atoms with Crippen LogP contribution >= 0.6 is 0 Å². The number of sulfone groups is 1. The molecule has 2 fully saturated rings. The van der Waals surface area contributed by atoms with Crippen molar-refractivity contribution >= 4 is 15.9 Å². The lowest BCUT2D eigenvalue weighted by molar-refractivity contribution is 0.168. The summed E-state index contributed by atoms with van der Waals surface area (Å²) in [6.07, 6.45) is 4.54. The predicted octanol–water partition coefficient (Wildman–Crippen LogP) is 2.01. The molecule has 1 N–H and O–H groups in total. The molecule has 0 aromatic heterocycles. The van der Waals surface area contributed by atoms with Crippen molar-refractivity contribution in [1.82, 2.24) is 15.1 Å². The van der Waals surface area contributed by atoms with Crippen LogP contribution in [0, 0.1) is 5.82 Å². The average Bonchev–Trinajstić information content (AvgIpc) is 3.05. The first-order chi connectivity index (χ1) is 12.8. The summed E-state index contributed by atoms with van der Waals surface area (Å²) < 4.78 is 36.1. The molecule has 2 heterocycles. The monoisotopic (exact) mass is 397 g/mol. The highest BCUT2D eigenvalue weighted by atomic mass is 32.2. The molecular weight excluding hydrogens is 369 g/mol. The molecule has 0 radical (unpaired) electrons. The van der Waals surface area contributed by atoms with Crippen molar-refractivity contribution in [3.05, 3.63) is 35.6 Å². The van der Waals surface area contributed by atoms with Gasteiger partial charge in [-0.2, -0.15) is 0 Å². The van der Waals surface area contributed by atoms with Crippen LogP contribution in [0.25, 0.3) is 0 Å². The molecule has 1 aromatic carbocycles. The molecule has 0 saturated carbocycles. The van der Waals surface area contributed by atoms with Crippen LogP contribution in [0.2, 0.25) is 0 Å². The van der Waals surface area contributed by atoms with Crippen molar-refractivity contribution in [2.45, 2.75) is 44.3 Å². The van der Waals surface area contributed by atoms with E-state index in [0.29, 0.717) is 6.54 Å². The molecule has 2 aliphatic heterocycles. The van der Waals surface area contributed by atoms with Crippen molar-refractivity contribution in [2.75, 3.05) is 31.6 Å². The van der Waals surface area contributed by atoms with Gasteiger partial charge in [0.1, 0.15) is 15.7 Å². The molecule has 0 unspecified atom stereocenters. The minimum Gasteiger partial charge on any atom is -0.335 e. The van der Waals surface area contributed by atoms with Crippen molar-refractivity contribution in [3.8, 4) is 0 Å². The van der Waals surface area contributed by atoms with Gasteiger partial charge in [-0.1, -0.05) is 12.1 Å². The Hall–Kier alpha value is -1.67. The number of nitrogens with zero attached hydrogens (tertiary/aromatic N) is 2. The molecular formula is C19H28FN3O3S. The lowest BCUT2D eigenvalue weighted by Crippen LogP contribution is -2.51. The summed E-state index contributed by atoms with van der Waals surface area (Å²) in [6, 6.07) is 6.33. The van der Waals surface area contributed by atoms with E-state index >= 15 is 0 Å². The van der Waals surface area contributed by atoms with Gasteiger partial charge in [0.05, 0.1) is 5.75 Å². The highest BCUT2D eigenvalue weighted by molar-refractivity contribution is 7.90. The third kappa shape index (κ3) is 5.90. The zero-order valence-electron chi connectivity index (χ0n) is 15.7. The molecule has 2 aliphatic rings. The zero-order valence-corrected chi connectivity index (χ0v) is 16.5. The topological polar surface area (TPSA) is 69.7 Å². The highest BCUT2D eigenvalue weighted by Crippen LogP contribution is 2.20. The molecule has 3 rings (SSSR count). The summed E-state index contributed by atoms with van der Waals surface area (Å²) in [6.45, 7) is 3.14. The van der Waals surface area contributed by atoms with Crippen molar-refractivity contribution < 1.29 is 17.6 Å². The minimum atomic E-state index is -3.10. The minimum absolute atomic E-state index is 0.0382. The second-order valence-corrected chi connectivity index (χ2v) is 9.89. The molecule has 0 aliphatic carbocycles. The van der Waals surface area contributed by atoms with Crippen molar-refractivity contribution in [1.29, 1.82) is 0 Å². The average molecular weight is 398 g/mol. The highest BCUT2D eigenvalue weighted by Gasteiger charge is 2.32. The van der Waals surface area contributed by atoms with E-state index in [-0.39, 0.29) is 29.7 Å². The van der Waals surface area contributed by atoms with E-state index in [2.05, 4.69) is 10.2 Å². The van der Waals surface area contributed by atoms with Gasteiger partial charge in [-0.15, -0.1) is 0 Å². The number of carbonyl (C=O) groups is 1. The number of hydrogen-bond acceptors (Lipinski definition) is 4. The van der Waals surface area contributed by atoms with Crippen LogP contribution in [0.3, 0.4) is 0 Å². The Morgan fingerprint density at radius 3 is 2.44 bits per heavy atom. The largest absolute Gasteiger partial charge is 0.335 e. The Labute approximate surface area is 160 Å². The van der Waals surface area contributed by atoms with Crippen LogP contribution in [0.5, 0.6) is 0 Å². The second-order valence-electron chi connectivity index (χ2n) is 7.71. The van der Waals surface area contributed by atoms with Gasteiger partial charge in [-0.25, -0.2) is 17.6 Å². The number of rotatable bonds is 5. The maximum atomic E-state index is 13.0. The molecule has 2 amide bonds. The van der Waals surface area contributed by atoms with Gasteiger partial charge in [0.15, 0.2) is 0 Å². The molecule has 27 heavy (non-hydrogen) atoms. The molecule has 6 nitrogen and oxygen atoms in total. The molecule has 1 atom stereocenters. The maximum absolute atomic E-state index is 13.0. The van der Waals surface area contributed by atoms with E-state index in [9.17, 15) is 17.6 Å². The van der Waals surface area contributed by atoms with E-state index in [4.69, 9.17) is 0 Å². The number of halogens is 1. The van der Waals surface area contributed by atoms with Gasteiger partial charge in [0.25, 0.3) is 0 Å². The fourth-order valence-electron chi connectivity index (χ4n) is 3.97. The van der Waals surface area contributed by atoms with Gasteiger partial charge in [-0.3, -0.25) is 4.90 Å². The Morgan fingerprint density at radius 1 is 1.15 bits per heavy atom. The SMILES string of the molecule is CS(=O)(=O)C[C@H]1CCCN1C(=O)NC1CCN(Cc2ccc(F)cc2)CC1. The summed E-state index contributed by atoms with van der Waals surface area (Å²) in [5, 5.41) is 3.08. The lowest BCUT2D eigenvalue weighted by Gasteiger charge is -2.34. The van der Waals surface area contributed by atoms with Crippen LogP contribution in [-0.4, -0.2) is 68.0 Å². The van der Waals surface area contributed by atoms with Gasteiger partial charge >= 0.3 is 6.03 Å². The van der Waals surface area contributed by atoms with Crippen molar-refractivity contribution in [2.24, 2.45) is 0 Å². The number of amides is 2. The first kappa shape index (κ1) is 20.1. The van der Waals surface area contributed by atoms with Gasteiger partial charge < -0.3 is 10.2 Å². The number of nitrogens with one attached hydrogen (secondary N) is 1. The Morgan fingerprint density at radius 2 is 1.81 bits per heavy atom. The summed E-state index contributed by atoms with van der Waals surface area (Å²) in [5.41, 5.74) is 1.08. The van der Waals surface area contributed by atoms with Crippen LogP contribution in [0.15, 0.2) is 24.3 Å². The molecule has 0 spiro atoms. The summed E-state index contributed by atoms with van der Waals surface area (Å²) in [4.78, 5) is 16.6. The smallest absolute Gasteiger partial charge is 0.317 e. The zero-order chi connectivity index (χ0) is 19.4. The number of hydrogen-bond donors (Lipinski definition) is 1. The van der Waals surface area contributed by atoms with Crippen molar-refractivity contribution in [3.63, 3.8) is 0 Å². The van der Waals surface area contributed by atoms with Crippen LogP contribution in [0.1, 0.15) is 31.2 Å². The summed E-state index contributed by atoms with van der Waals surface area (Å²) in [7, 11) is -3.10. The summed E-state index contributed by atoms with van der Waals surface area (Å²) in [5.74, 6) is -0.187. The number of piperidine rings is 1. The van der Waals surface area contributed by atoms with Crippen LogP contribution in [0.4, 0.5) is 9.18 Å². The van der Waals surface area contributed by atoms with E-state index in [1.807, 2.05) is 0 Å². The van der Waals surface area contributed by atoms with E-state index in [1.54, 1.807) is 17.0 Å². The fraction of sp³-hybridized carbons (Fsp3) is 0.632. The van der Waals surface area contributed by atoms with Gasteiger partial charge in [0.2, 0.25) is 0 Å². The van der Waals surface area contributed by atoms with E-state index in [0.717, 1.165) is 50.9 Å². The second kappa shape index (κ2) is 8.56. The number of urea groups is 1. The first-order valence-corrected chi connectivity index (χ1v) is 11.6. The van der Waals surface area contributed by atoms with Crippen LogP contribution in [-0.2, 0) is 16.4 Å². The predicted molar refractivity (Wildman–Crippen MR) is 103 cm³/mol. The number of benzene rings is 1. The molecule has 150 valence electrons. The molecule has 8 heteroatoms. The normalized spacial score (nSPS) is 22.1. The maximum Gasteiger partial charge on any atom is 0.317 e. The number of likely N-dealkylation sites (tertiary alicyclic amines) is 2. The Bertz CT molecular complexity index is 746. The Kier molecular flexibility index (Phi) is 6.37. The standard InChI is InChI=1S/C19H28FN3O3S/c1-27(25,26)14-18-3-2-10-23(18)19(24)21-17-8-11-22(12-9-17)13-15-4-6-16(20)7-5-15/h4-7,17-18H,2-3,8-14H2,1H3,(H,21,24)/t18-/m1/s1. The quantitative estimate of drug-likeness (QED) is 0.825. The third-order valence-corrected chi connectivity index (χ3v) is 6.36. The van der Waals surface area contributed by atoms with Crippen LogP contribution < -0.4 is 5.32 Å². The fourth-order valence-corrected chi connectivity index (χ4v) is 5.01. The molecule has 0 bridgehead atoms. The lowest BCUT2D eigenvalue weighted by atomic mass is 10.0. The first-order valence-electron chi connectivity index (χ1n) is 9.52.